The third-order valence-corrected chi connectivity index (χ3v) is 11.4. The molecule has 0 bridgehead atoms. The molecule has 8 atom stereocenters. The van der Waals surface area contributed by atoms with Gasteiger partial charge in [-0.1, -0.05) is 85.3 Å². The van der Waals surface area contributed by atoms with Crippen molar-refractivity contribution in [3.05, 3.63) is 11.6 Å². The molecule has 0 amide bonds. The molecule has 0 heterocycles. The lowest BCUT2D eigenvalue weighted by atomic mass is 9.47. The average molecular weight is 457 g/mol. The summed E-state index contributed by atoms with van der Waals surface area (Å²) in [6.07, 6.45) is 22.6. The van der Waals surface area contributed by atoms with Gasteiger partial charge in [0.2, 0.25) is 0 Å². The second-order valence-corrected chi connectivity index (χ2v) is 13.7. The van der Waals surface area contributed by atoms with Gasteiger partial charge in [-0.05, 0) is 104 Å². The zero-order valence-corrected chi connectivity index (χ0v) is 23.1. The predicted octanol–water partition coefficient (Wildman–Crippen LogP) is 9.60. The molecule has 190 valence electrons. The third-order valence-electron chi connectivity index (χ3n) is 11.4. The molecule has 33 heavy (non-hydrogen) atoms. The molecule has 0 aromatic rings. The van der Waals surface area contributed by atoms with Crippen LogP contribution >= 0.6 is 0 Å². The van der Waals surface area contributed by atoms with Crippen molar-refractivity contribution in [3.8, 4) is 0 Å². The molecule has 0 unspecified atom stereocenters. The molecular formula is C32H56O. The van der Waals surface area contributed by atoms with E-state index in [9.17, 15) is 0 Å². The molecule has 1 nitrogen and oxygen atoms in total. The van der Waals surface area contributed by atoms with E-state index in [1.54, 1.807) is 5.57 Å². The van der Waals surface area contributed by atoms with Crippen LogP contribution in [-0.2, 0) is 4.74 Å². The first-order valence-electron chi connectivity index (χ1n) is 15.1. The summed E-state index contributed by atoms with van der Waals surface area (Å²) < 4.78 is 6.35. The van der Waals surface area contributed by atoms with Gasteiger partial charge < -0.3 is 4.74 Å². The van der Waals surface area contributed by atoms with Crippen LogP contribution in [0, 0.1) is 46.3 Å². The Labute approximate surface area is 206 Å². The fourth-order valence-corrected chi connectivity index (χ4v) is 9.40. The lowest BCUT2D eigenvalue weighted by Gasteiger charge is -2.58. The summed E-state index contributed by atoms with van der Waals surface area (Å²) in [6, 6.07) is 0. The third kappa shape index (κ3) is 5.15. The molecule has 4 aliphatic rings. The maximum Gasteiger partial charge on any atom is 0.0612 e. The van der Waals surface area contributed by atoms with Gasteiger partial charge in [-0.2, -0.15) is 0 Å². The van der Waals surface area contributed by atoms with E-state index in [2.05, 4.69) is 47.6 Å². The van der Waals surface area contributed by atoms with Crippen LogP contribution in [0.3, 0.4) is 0 Å². The van der Waals surface area contributed by atoms with Crippen molar-refractivity contribution in [2.75, 3.05) is 6.61 Å². The first-order valence-corrected chi connectivity index (χ1v) is 15.1. The van der Waals surface area contributed by atoms with Crippen LogP contribution in [0.5, 0.6) is 0 Å². The van der Waals surface area contributed by atoms with E-state index in [4.69, 9.17) is 4.74 Å². The van der Waals surface area contributed by atoms with Crippen LogP contribution in [0.15, 0.2) is 11.6 Å². The Balaban J connectivity index is 1.40. The van der Waals surface area contributed by atoms with Gasteiger partial charge in [0, 0.05) is 6.61 Å². The van der Waals surface area contributed by atoms with Crippen LogP contribution in [0.2, 0.25) is 0 Å². The summed E-state index contributed by atoms with van der Waals surface area (Å²) in [4.78, 5) is 0. The maximum atomic E-state index is 6.35. The minimum Gasteiger partial charge on any atom is -0.378 e. The van der Waals surface area contributed by atoms with Gasteiger partial charge in [0.1, 0.15) is 0 Å². The van der Waals surface area contributed by atoms with Gasteiger partial charge in [0.15, 0.2) is 0 Å². The molecule has 0 aromatic carbocycles. The number of rotatable bonds is 10. The van der Waals surface area contributed by atoms with Crippen molar-refractivity contribution in [2.45, 2.75) is 138 Å². The Bertz CT molecular complexity index is 663. The number of hydrogen-bond acceptors (Lipinski definition) is 1. The summed E-state index contributed by atoms with van der Waals surface area (Å²) in [5.74, 6) is 5.62. The molecule has 3 saturated carbocycles. The summed E-state index contributed by atoms with van der Waals surface area (Å²) in [5.41, 5.74) is 2.87. The summed E-state index contributed by atoms with van der Waals surface area (Å²) in [5, 5.41) is 0. The summed E-state index contributed by atoms with van der Waals surface area (Å²) >= 11 is 0. The number of ether oxygens (including phenoxy) is 1. The monoisotopic (exact) mass is 456 g/mol. The van der Waals surface area contributed by atoms with Gasteiger partial charge in [-0.15, -0.1) is 0 Å². The molecule has 4 rings (SSSR count). The Morgan fingerprint density at radius 3 is 2.52 bits per heavy atom. The molecule has 0 aliphatic heterocycles. The molecule has 0 spiro atoms. The van der Waals surface area contributed by atoms with E-state index in [1.165, 1.54) is 89.9 Å². The molecule has 0 radical (unpaired) electrons. The highest BCUT2D eigenvalue weighted by atomic mass is 16.5. The number of unbranched alkanes of at least 4 members (excludes halogenated alkanes) is 2. The first-order chi connectivity index (χ1) is 15.8. The lowest BCUT2D eigenvalue weighted by molar-refractivity contribution is -0.0641. The second-order valence-electron chi connectivity index (χ2n) is 13.7. The first kappa shape index (κ1) is 25.8. The zero-order chi connectivity index (χ0) is 23.6. The smallest absolute Gasteiger partial charge is 0.0612 e. The predicted molar refractivity (Wildman–Crippen MR) is 142 cm³/mol. The average Bonchev–Trinajstić information content (AvgIpc) is 3.14. The number of allylic oxidation sites excluding steroid dienone is 1. The quantitative estimate of drug-likeness (QED) is 0.235. The van der Waals surface area contributed by atoms with Crippen LogP contribution < -0.4 is 0 Å². The SMILES string of the molecule is CCCCCO[C@H]1CC[C@@]2(C)C(=CC[C@H]3[C@@H]4CC[C@H]([C@H](C)CCCC(C)C)[C@@]4(C)CC[C@@H]32)C1. The minimum atomic E-state index is 0.467. The van der Waals surface area contributed by atoms with E-state index < -0.39 is 0 Å². The fraction of sp³-hybridized carbons (Fsp3) is 0.938. The molecular weight excluding hydrogens is 400 g/mol. The summed E-state index contributed by atoms with van der Waals surface area (Å²) in [6.45, 7) is 16.0. The van der Waals surface area contributed by atoms with E-state index in [1.807, 2.05) is 0 Å². The highest BCUT2D eigenvalue weighted by Crippen LogP contribution is 2.67. The van der Waals surface area contributed by atoms with Crippen LogP contribution in [0.25, 0.3) is 0 Å². The minimum absolute atomic E-state index is 0.467. The number of fused-ring (bicyclic) bond motifs is 5. The highest BCUT2D eigenvalue weighted by molar-refractivity contribution is 5.25. The van der Waals surface area contributed by atoms with Crippen molar-refractivity contribution in [2.24, 2.45) is 46.3 Å². The van der Waals surface area contributed by atoms with Crippen molar-refractivity contribution >= 4 is 0 Å². The lowest BCUT2D eigenvalue weighted by Crippen LogP contribution is -2.51. The van der Waals surface area contributed by atoms with E-state index in [0.717, 1.165) is 42.1 Å². The van der Waals surface area contributed by atoms with Crippen molar-refractivity contribution in [3.63, 3.8) is 0 Å². The molecule has 3 fully saturated rings. The van der Waals surface area contributed by atoms with Crippen molar-refractivity contribution < 1.29 is 4.74 Å². The summed E-state index contributed by atoms with van der Waals surface area (Å²) in [7, 11) is 0. The van der Waals surface area contributed by atoms with Crippen LogP contribution in [-0.4, -0.2) is 12.7 Å². The molecule has 0 N–H and O–H groups in total. The largest absolute Gasteiger partial charge is 0.378 e. The van der Waals surface area contributed by atoms with Gasteiger partial charge in [-0.3, -0.25) is 0 Å². The Morgan fingerprint density at radius 2 is 1.76 bits per heavy atom. The standard InChI is InChI=1S/C32H56O/c1-7-8-9-21-33-26-17-19-31(5)25(22-26)13-14-27-29-16-15-28(24(4)12-10-11-23(2)3)32(29,6)20-18-30(27)31/h13,23-24,26-30H,7-12,14-22H2,1-6H3/t24-,26+,27+,28-,29+,30+,31+,32-/m1/s1. The zero-order valence-electron chi connectivity index (χ0n) is 23.1. The molecule has 4 aliphatic carbocycles. The van der Waals surface area contributed by atoms with Gasteiger partial charge >= 0.3 is 0 Å². The maximum absolute atomic E-state index is 6.35. The Kier molecular flexibility index (Phi) is 8.40. The van der Waals surface area contributed by atoms with E-state index in [-0.39, 0.29) is 0 Å². The molecule has 1 heteroatoms. The van der Waals surface area contributed by atoms with Gasteiger partial charge in [0.05, 0.1) is 6.10 Å². The normalized spacial score (nSPS) is 41.3. The Hall–Kier alpha value is -0.300. The number of hydrogen-bond donors (Lipinski definition) is 0. The van der Waals surface area contributed by atoms with E-state index >= 15 is 0 Å². The van der Waals surface area contributed by atoms with E-state index in [0.29, 0.717) is 16.9 Å². The highest BCUT2D eigenvalue weighted by Gasteiger charge is 2.59. The second kappa shape index (κ2) is 10.8. The van der Waals surface area contributed by atoms with Crippen LogP contribution in [0.1, 0.15) is 131 Å². The topological polar surface area (TPSA) is 9.23 Å². The van der Waals surface area contributed by atoms with Gasteiger partial charge in [0.25, 0.3) is 0 Å². The molecule has 0 aromatic heterocycles. The van der Waals surface area contributed by atoms with Gasteiger partial charge in [-0.25, -0.2) is 0 Å². The molecule has 0 saturated heterocycles. The van der Waals surface area contributed by atoms with Crippen LogP contribution in [0.4, 0.5) is 0 Å². The Morgan fingerprint density at radius 1 is 0.939 bits per heavy atom. The van der Waals surface area contributed by atoms with Crippen molar-refractivity contribution in [1.29, 1.82) is 0 Å². The fourth-order valence-electron chi connectivity index (χ4n) is 9.40. The van der Waals surface area contributed by atoms with Crippen molar-refractivity contribution in [1.82, 2.24) is 0 Å².